The third-order valence-electron chi connectivity index (χ3n) is 2.53. The number of rotatable bonds is 4. The zero-order valence-electron chi connectivity index (χ0n) is 10.7. The van der Waals surface area contributed by atoms with Crippen LogP contribution in [-0.2, 0) is 0 Å². The van der Waals surface area contributed by atoms with Crippen molar-refractivity contribution in [2.24, 2.45) is 0 Å². The maximum Gasteiger partial charge on any atom is 0.247 e. The van der Waals surface area contributed by atoms with Gasteiger partial charge in [-0.3, -0.25) is 4.79 Å². The topological polar surface area (TPSA) is 61.3 Å². The van der Waals surface area contributed by atoms with Crippen LogP contribution < -0.4 is 9.47 Å². The molecule has 0 fully saturated rings. The van der Waals surface area contributed by atoms with E-state index in [2.05, 4.69) is 25.9 Å². The van der Waals surface area contributed by atoms with Crippen molar-refractivity contribution in [1.82, 2.24) is 9.97 Å². The Morgan fingerprint density at radius 3 is 2.70 bits per heavy atom. The molecular weight excluding hydrogens is 331 g/mol. The molecule has 1 heterocycles. The second-order valence-corrected chi connectivity index (χ2v) is 4.49. The third kappa shape index (κ3) is 2.62. The standard InChI is InChI=1S/C13H10BrFN2O3/c1-19-9-6-16-11(13(17-9)20-2)12(18)7-4-3-5-8(15)10(7)14/h3-6H,1-2H3. The van der Waals surface area contributed by atoms with Gasteiger partial charge in [-0.25, -0.2) is 9.37 Å². The van der Waals surface area contributed by atoms with Gasteiger partial charge in [0, 0.05) is 5.56 Å². The highest BCUT2D eigenvalue weighted by Gasteiger charge is 2.21. The number of hydrogen-bond acceptors (Lipinski definition) is 5. The molecular formula is C13H10BrFN2O3. The van der Waals surface area contributed by atoms with Crippen LogP contribution >= 0.6 is 15.9 Å². The number of hydrogen-bond donors (Lipinski definition) is 0. The summed E-state index contributed by atoms with van der Waals surface area (Å²) in [5.41, 5.74) is 0.127. The molecule has 2 aromatic rings. The largest absolute Gasteiger partial charge is 0.480 e. The molecule has 0 aliphatic heterocycles. The summed E-state index contributed by atoms with van der Waals surface area (Å²) >= 11 is 3.04. The monoisotopic (exact) mass is 340 g/mol. The van der Waals surface area contributed by atoms with Gasteiger partial charge in [-0.1, -0.05) is 6.07 Å². The summed E-state index contributed by atoms with van der Waals surface area (Å²) in [6.07, 6.45) is 1.29. The molecule has 0 bridgehead atoms. The summed E-state index contributed by atoms with van der Waals surface area (Å²) in [6, 6.07) is 4.18. The Labute approximate surface area is 122 Å². The summed E-state index contributed by atoms with van der Waals surface area (Å²) in [6.45, 7) is 0. The number of benzene rings is 1. The molecule has 0 radical (unpaired) electrons. The van der Waals surface area contributed by atoms with Gasteiger partial charge in [-0.2, -0.15) is 4.98 Å². The summed E-state index contributed by atoms with van der Waals surface area (Å²) in [5.74, 6) is -0.790. The highest BCUT2D eigenvalue weighted by molar-refractivity contribution is 9.10. The van der Waals surface area contributed by atoms with Gasteiger partial charge < -0.3 is 9.47 Å². The molecule has 1 aromatic heterocycles. The van der Waals surface area contributed by atoms with Gasteiger partial charge in [0.2, 0.25) is 17.5 Å². The van der Waals surface area contributed by atoms with E-state index in [1.165, 1.54) is 38.6 Å². The Balaban J connectivity index is 2.50. The fourth-order valence-electron chi connectivity index (χ4n) is 1.56. The van der Waals surface area contributed by atoms with E-state index in [0.717, 1.165) is 0 Å². The predicted molar refractivity (Wildman–Crippen MR) is 72.7 cm³/mol. The highest BCUT2D eigenvalue weighted by Crippen LogP contribution is 2.26. The van der Waals surface area contributed by atoms with Gasteiger partial charge >= 0.3 is 0 Å². The molecule has 0 saturated heterocycles. The van der Waals surface area contributed by atoms with Crippen LogP contribution in [0.15, 0.2) is 28.9 Å². The van der Waals surface area contributed by atoms with Crippen LogP contribution in [0.1, 0.15) is 16.1 Å². The lowest BCUT2D eigenvalue weighted by Gasteiger charge is -2.08. The SMILES string of the molecule is COc1cnc(C(=O)c2cccc(F)c2Br)c(OC)n1. The Kier molecular flexibility index (Phi) is 4.29. The number of ether oxygens (including phenoxy) is 2. The van der Waals surface area contributed by atoms with Crippen LogP contribution in [0.25, 0.3) is 0 Å². The first-order valence-corrected chi connectivity index (χ1v) is 6.31. The van der Waals surface area contributed by atoms with E-state index >= 15 is 0 Å². The van der Waals surface area contributed by atoms with E-state index in [4.69, 9.17) is 9.47 Å². The number of aromatic nitrogens is 2. The summed E-state index contributed by atoms with van der Waals surface area (Å²) in [5, 5.41) is 0. The van der Waals surface area contributed by atoms with Crippen molar-refractivity contribution in [3.05, 3.63) is 45.9 Å². The van der Waals surface area contributed by atoms with E-state index in [9.17, 15) is 9.18 Å². The van der Waals surface area contributed by atoms with Crippen molar-refractivity contribution in [3.8, 4) is 11.8 Å². The zero-order valence-corrected chi connectivity index (χ0v) is 12.3. The maximum atomic E-state index is 13.5. The second-order valence-electron chi connectivity index (χ2n) is 3.70. The van der Waals surface area contributed by atoms with E-state index in [-0.39, 0.29) is 27.5 Å². The van der Waals surface area contributed by atoms with Gasteiger partial charge in [-0.15, -0.1) is 0 Å². The zero-order chi connectivity index (χ0) is 14.7. The molecule has 0 amide bonds. The van der Waals surface area contributed by atoms with E-state index < -0.39 is 11.6 Å². The summed E-state index contributed by atoms with van der Waals surface area (Å²) in [4.78, 5) is 20.3. The number of halogens is 2. The fourth-order valence-corrected chi connectivity index (χ4v) is 2.00. The Bertz CT molecular complexity index is 664. The molecule has 20 heavy (non-hydrogen) atoms. The number of carbonyl (C=O) groups excluding carboxylic acids is 1. The molecule has 0 spiro atoms. The Hall–Kier alpha value is -2.02. The minimum Gasteiger partial charge on any atom is -0.480 e. The van der Waals surface area contributed by atoms with Gasteiger partial charge in [0.15, 0.2) is 5.69 Å². The first-order valence-electron chi connectivity index (χ1n) is 5.52. The van der Waals surface area contributed by atoms with Crippen LogP contribution in [0, 0.1) is 5.82 Å². The van der Waals surface area contributed by atoms with Crippen molar-refractivity contribution in [2.45, 2.75) is 0 Å². The van der Waals surface area contributed by atoms with Crippen LogP contribution in [0.4, 0.5) is 4.39 Å². The number of nitrogens with zero attached hydrogens (tertiary/aromatic N) is 2. The Morgan fingerprint density at radius 1 is 1.30 bits per heavy atom. The van der Waals surface area contributed by atoms with E-state index in [1.807, 2.05) is 0 Å². The highest BCUT2D eigenvalue weighted by atomic mass is 79.9. The van der Waals surface area contributed by atoms with Crippen LogP contribution in [-0.4, -0.2) is 30.0 Å². The van der Waals surface area contributed by atoms with Crippen molar-refractivity contribution >= 4 is 21.7 Å². The molecule has 104 valence electrons. The first kappa shape index (κ1) is 14.4. The normalized spacial score (nSPS) is 10.2. The van der Waals surface area contributed by atoms with Crippen LogP contribution in [0.5, 0.6) is 11.8 Å². The van der Waals surface area contributed by atoms with Gasteiger partial charge in [0.1, 0.15) is 5.82 Å². The molecule has 1 aromatic carbocycles. The molecule has 0 N–H and O–H groups in total. The second kappa shape index (κ2) is 5.96. The third-order valence-corrected chi connectivity index (χ3v) is 3.34. The number of methoxy groups -OCH3 is 2. The van der Waals surface area contributed by atoms with Crippen molar-refractivity contribution < 1.29 is 18.7 Å². The first-order chi connectivity index (χ1) is 9.58. The molecule has 7 heteroatoms. The van der Waals surface area contributed by atoms with Crippen LogP contribution in [0.3, 0.4) is 0 Å². The van der Waals surface area contributed by atoms with Gasteiger partial charge in [0.25, 0.3) is 0 Å². The summed E-state index contributed by atoms with van der Waals surface area (Å²) < 4.78 is 23.5. The van der Waals surface area contributed by atoms with E-state index in [1.54, 1.807) is 0 Å². The number of ketones is 1. The van der Waals surface area contributed by atoms with Crippen molar-refractivity contribution in [2.75, 3.05) is 14.2 Å². The molecule has 0 saturated carbocycles. The van der Waals surface area contributed by atoms with Gasteiger partial charge in [0.05, 0.1) is 24.9 Å². The quantitative estimate of drug-likeness (QED) is 0.800. The minimum atomic E-state index is -0.531. The average Bonchev–Trinajstić information content (AvgIpc) is 2.48. The predicted octanol–water partition coefficient (Wildman–Crippen LogP) is 2.63. The molecule has 0 aliphatic rings. The maximum absolute atomic E-state index is 13.5. The molecule has 2 rings (SSSR count). The molecule has 0 atom stereocenters. The average molecular weight is 341 g/mol. The number of carbonyl (C=O) groups is 1. The van der Waals surface area contributed by atoms with E-state index in [0.29, 0.717) is 0 Å². The fraction of sp³-hybridized carbons (Fsp3) is 0.154. The lowest BCUT2D eigenvalue weighted by atomic mass is 10.1. The smallest absolute Gasteiger partial charge is 0.247 e. The lowest BCUT2D eigenvalue weighted by molar-refractivity contribution is 0.102. The van der Waals surface area contributed by atoms with Crippen LogP contribution in [0.2, 0.25) is 0 Å². The Morgan fingerprint density at radius 2 is 2.05 bits per heavy atom. The molecule has 0 unspecified atom stereocenters. The van der Waals surface area contributed by atoms with Gasteiger partial charge in [-0.05, 0) is 28.1 Å². The molecule has 5 nitrogen and oxygen atoms in total. The lowest BCUT2D eigenvalue weighted by Crippen LogP contribution is -2.10. The van der Waals surface area contributed by atoms with Crippen molar-refractivity contribution in [3.63, 3.8) is 0 Å². The van der Waals surface area contributed by atoms with Crippen molar-refractivity contribution in [1.29, 1.82) is 0 Å². The molecule has 0 aliphatic carbocycles. The minimum absolute atomic E-state index is 0.0143. The summed E-state index contributed by atoms with van der Waals surface area (Å²) in [7, 11) is 2.79.